The van der Waals surface area contributed by atoms with Gasteiger partial charge in [-0.05, 0) is 25.4 Å². The van der Waals surface area contributed by atoms with E-state index in [1.54, 1.807) is 11.8 Å². The third-order valence-corrected chi connectivity index (χ3v) is 1.38. The summed E-state index contributed by atoms with van der Waals surface area (Å²) in [5.41, 5.74) is 0. The Bertz CT molecular complexity index is 37.1. The van der Waals surface area contributed by atoms with Gasteiger partial charge in [0.25, 0.3) is 0 Å². The molecule has 7 heavy (non-hydrogen) atoms. The van der Waals surface area contributed by atoms with Crippen LogP contribution in [0.4, 0.5) is 0 Å². The van der Waals surface area contributed by atoms with E-state index in [4.69, 9.17) is 5.11 Å². The van der Waals surface area contributed by atoms with Crippen LogP contribution in [-0.2, 0) is 0 Å². The van der Waals surface area contributed by atoms with Crippen LogP contribution in [0.3, 0.4) is 0 Å². The average molecular weight is 120 g/mol. The Hall–Kier alpha value is 0.310. The van der Waals surface area contributed by atoms with Crippen LogP contribution in [0.5, 0.6) is 0 Å². The Balaban J connectivity index is 2.68. The van der Waals surface area contributed by atoms with E-state index in [1.807, 2.05) is 13.2 Å². The second kappa shape index (κ2) is 4.47. The second-order valence-corrected chi connectivity index (χ2v) is 2.62. The van der Waals surface area contributed by atoms with Gasteiger partial charge in [0.2, 0.25) is 0 Å². The Morgan fingerprint density at radius 3 is 2.43 bits per heavy atom. The van der Waals surface area contributed by atoms with Crippen molar-refractivity contribution in [2.75, 3.05) is 12.0 Å². The zero-order valence-electron chi connectivity index (χ0n) is 4.85. The Kier molecular flexibility index (Phi) is 4.67. The van der Waals surface area contributed by atoms with Crippen molar-refractivity contribution in [2.45, 2.75) is 19.4 Å². The highest BCUT2D eigenvalue weighted by atomic mass is 32.2. The standard InChI is InChI=1S/C5H12OS/c1-5(6)3-4-7-2/h5-6H,3-4H2,1-2H3. The molecule has 0 fully saturated rings. The van der Waals surface area contributed by atoms with E-state index in [2.05, 4.69) is 0 Å². The molecule has 0 saturated carbocycles. The maximum atomic E-state index is 8.67. The monoisotopic (exact) mass is 120 g/mol. The van der Waals surface area contributed by atoms with Gasteiger partial charge in [0.15, 0.2) is 0 Å². The summed E-state index contributed by atoms with van der Waals surface area (Å²) in [6.07, 6.45) is 2.84. The molecule has 0 aromatic rings. The van der Waals surface area contributed by atoms with Crippen molar-refractivity contribution in [3.63, 3.8) is 0 Å². The number of thioether (sulfide) groups is 1. The highest BCUT2D eigenvalue weighted by Crippen LogP contribution is 1.97. The minimum absolute atomic E-state index is 0.118. The summed E-state index contributed by atoms with van der Waals surface area (Å²) in [7, 11) is 0. The first-order chi connectivity index (χ1) is 3.27. The molecule has 0 aromatic carbocycles. The summed E-state index contributed by atoms with van der Waals surface area (Å²) in [4.78, 5) is 0. The molecule has 0 rings (SSSR count). The molecule has 0 heterocycles. The Labute approximate surface area is 49.1 Å². The minimum atomic E-state index is -0.118. The fraction of sp³-hybridized carbons (Fsp3) is 1.00. The summed E-state index contributed by atoms with van der Waals surface area (Å²) in [5.74, 6) is 1.07. The molecule has 1 N–H and O–H groups in total. The van der Waals surface area contributed by atoms with E-state index in [-0.39, 0.29) is 6.10 Å². The van der Waals surface area contributed by atoms with Crippen LogP contribution in [0.15, 0.2) is 0 Å². The maximum Gasteiger partial charge on any atom is 0.0520 e. The fourth-order valence-corrected chi connectivity index (χ4v) is 0.865. The third kappa shape index (κ3) is 6.31. The topological polar surface area (TPSA) is 20.2 Å². The Morgan fingerprint density at radius 2 is 2.29 bits per heavy atom. The molecule has 0 aliphatic rings. The highest BCUT2D eigenvalue weighted by molar-refractivity contribution is 7.98. The summed E-state index contributed by atoms with van der Waals surface area (Å²) in [5, 5.41) is 8.67. The molecule has 0 radical (unpaired) electrons. The molecule has 0 saturated heterocycles. The lowest BCUT2D eigenvalue weighted by molar-refractivity contribution is 0.192. The fourth-order valence-electron chi connectivity index (χ4n) is 0.288. The smallest absolute Gasteiger partial charge is 0.0520 e. The molecule has 44 valence electrons. The van der Waals surface area contributed by atoms with Gasteiger partial charge in [0.05, 0.1) is 6.10 Å². The van der Waals surface area contributed by atoms with Crippen molar-refractivity contribution in [1.29, 1.82) is 0 Å². The summed E-state index contributed by atoms with van der Waals surface area (Å²) < 4.78 is 0. The van der Waals surface area contributed by atoms with Crippen LogP contribution in [0, 0.1) is 0 Å². The normalized spacial score (nSPS) is 14.1. The molecule has 0 aliphatic heterocycles. The molecule has 1 nitrogen and oxygen atoms in total. The van der Waals surface area contributed by atoms with Gasteiger partial charge in [-0.25, -0.2) is 0 Å². The van der Waals surface area contributed by atoms with Crippen molar-refractivity contribution >= 4 is 11.8 Å². The van der Waals surface area contributed by atoms with Crippen molar-refractivity contribution < 1.29 is 5.11 Å². The lowest BCUT2D eigenvalue weighted by atomic mass is 10.3. The number of hydrogen-bond acceptors (Lipinski definition) is 2. The quantitative estimate of drug-likeness (QED) is 0.602. The number of aliphatic hydroxyl groups is 1. The number of aliphatic hydroxyl groups excluding tert-OH is 1. The first-order valence-electron chi connectivity index (χ1n) is 2.44. The van der Waals surface area contributed by atoms with E-state index in [0.29, 0.717) is 0 Å². The van der Waals surface area contributed by atoms with Crippen LogP contribution in [0.2, 0.25) is 0 Å². The van der Waals surface area contributed by atoms with Crippen LogP contribution in [0.25, 0.3) is 0 Å². The highest BCUT2D eigenvalue weighted by Gasteiger charge is 1.90. The molecule has 1 unspecified atom stereocenters. The van der Waals surface area contributed by atoms with Crippen LogP contribution < -0.4 is 0 Å². The lowest BCUT2D eigenvalue weighted by Crippen LogP contribution is -1.99. The third-order valence-electron chi connectivity index (χ3n) is 0.740. The molecular formula is C5H12OS. The number of hydrogen-bond donors (Lipinski definition) is 1. The maximum absolute atomic E-state index is 8.67. The van der Waals surface area contributed by atoms with Gasteiger partial charge >= 0.3 is 0 Å². The molecule has 0 aliphatic carbocycles. The van der Waals surface area contributed by atoms with Gasteiger partial charge in [-0.2, -0.15) is 11.8 Å². The van der Waals surface area contributed by atoms with Gasteiger partial charge in [0, 0.05) is 0 Å². The van der Waals surface area contributed by atoms with Crippen molar-refractivity contribution in [2.24, 2.45) is 0 Å². The van der Waals surface area contributed by atoms with Gasteiger partial charge in [-0.15, -0.1) is 0 Å². The van der Waals surface area contributed by atoms with Gasteiger partial charge in [0.1, 0.15) is 0 Å². The summed E-state index contributed by atoms with van der Waals surface area (Å²) in [6.45, 7) is 1.82. The molecule has 0 amide bonds. The predicted octanol–water partition coefficient (Wildman–Crippen LogP) is 1.12. The molecule has 1 atom stereocenters. The van der Waals surface area contributed by atoms with Crippen molar-refractivity contribution in [3.8, 4) is 0 Å². The molecule has 2 heteroatoms. The largest absolute Gasteiger partial charge is 0.393 e. The minimum Gasteiger partial charge on any atom is -0.393 e. The van der Waals surface area contributed by atoms with E-state index in [0.717, 1.165) is 12.2 Å². The lowest BCUT2D eigenvalue weighted by Gasteiger charge is -1.98. The van der Waals surface area contributed by atoms with E-state index in [1.165, 1.54) is 0 Å². The van der Waals surface area contributed by atoms with Gasteiger partial charge in [-0.3, -0.25) is 0 Å². The van der Waals surface area contributed by atoms with Crippen LogP contribution in [-0.4, -0.2) is 23.2 Å². The molecule has 0 bridgehead atoms. The van der Waals surface area contributed by atoms with Gasteiger partial charge < -0.3 is 5.11 Å². The molecular weight excluding hydrogens is 108 g/mol. The first-order valence-corrected chi connectivity index (χ1v) is 3.83. The van der Waals surface area contributed by atoms with Crippen LogP contribution in [0.1, 0.15) is 13.3 Å². The zero-order chi connectivity index (χ0) is 5.70. The zero-order valence-corrected chi connectivity index (χ0v) is 5.66. The molecule has 0 spiro atoms. The van der Waals surface area contributed by atoms with Crippen LogP contribution >= 0.6 is 11.8 Å². The summed E-state index contributed by atoms with van der Waals surface area (Å²) >= 11 is 1.77. The van der Waals surface area contributed by atoms with E-state index >= 15 is 0 Å². The first kappa shape index (κ1) is 7.31. The Morgan fingerprint density at radius 1 is 1.71 bits per heavy atom. The van der Waals surface area contributed by atoms with E-state index in [9.17, 15) is 0 Å². The number of rotatable bonds is 3. The molecule has 0 aromatic heterocycles. The van der Waals surface area contributed by atoms with Crippen molar-refractivity contribution in [3.05, 3.63) is 0 Å². The SMILES string of the molecule is CSCCC(C)O. The summed E-state index contributed by atoms with van der Waals surface area (Å²) in [6, 6.07) is 0. The average Bonchev–Trinajstić information content (AvgIpc) is 1.61. The van der Waals surface area contributed by atoms with E-state index < -0.39 is 0 Å². The predicted molar refractivity (Wildman–Crippen MR) is 34.7 cm³/mol. The second-order valence-electron chi connectivity index (χ2n) is 1.63. The van der Waals surface area contributed by atoms with Crippen molar-refractivity contribution in [1.82, 2.24) is 0 Å². The van der Waals surface area contributed by atoms with Gasteiger partial charge in [-0.1, -0.05) is 0 Å².